The molecule has 0 spiro atoms. The van der Waals surface area contributed by atoms with Crippen LogP contribution in [-0.4, -0.2) is 0 Å². The van der Waals surface area contributed by atoms with Crippen LogP contribution in [0.3, 0.4) is 0 Å². The fourth-order valence-electron chi connectivity index (χ4n) is 8.85. The van der Waals surface area contributed by atoms with Crippen LogP contribution in [0.1, 0.15) is 0 Å². The molecule has 0 N–H and O–H groups in total. The van der Waals surface area contributed by atoms with Gasteiger partial charge in [-0.05, 0) is 130 Å². The number of anilines is 3. The minimum atomic E-state index is 1.10. The molecule has 0 amide bonds. The number of hydrogen-bond donors (Lipinski definition) is 0. The highest BCUT2D eigenvalue weighted by molar-refractivity contribution is 6.17. The van der Waals surface area contributed by atoms with Crippen LogP contribution >= 0.6 is 0 Å². The molecule has 11 aromatic rings. The van der Waals surface area contributed by atoms with Crippen LogP contribution in [0.2, 0.25) is 0 Å². The first-order valence-electron chi connectivity index (χ1n) is 21.0. The van der Waals surface area contributed by atoms with Crippen molar-refractivity contribution in [2.75, 3.05) is 4.90 Å². The van der Waals surface area contributed by atoms with Gasteiger partial charge in [0, 0.05) is 17.1 Å². The Morgan fingerprint density at radius 3 is 1.08 bits per heavy atom. The predicted molar refractivity (Wildman–Crippen MR) is 261 cm³/mol. The van der Waals surface area contributed by atoms with Crippen LogP contribution < -0.4 is 4.90 Å². The highest BCUT2D eigenvalue weighted by atomic mass is 15.1. The Kier molecular flexibility index (Phi) is 9.26. The summed E-state index contributed by atoms with van der Waals surface area (Å²) in [5.41, 5.74) is 15.3. The smallest absolute Gasteiger partial charge is 0.0467 e. The molecule has 0 atom stereocenters. The van der Waals surface area contributed by atoms with E-state index in [0.29, 0.717) is 0 Å². The van der Waals surface area contributed by atoms with Crippen LogP contribution in [-0.2, 0) is 0 Å². The van der Waals surface area contributed by atoms with E-state index in [-0.39, 0.29) is 0 Å². The van der Waals surface area contributed by atoms with Gasteiger partial charge in [0.05, 0.1) is 0 Å². The van der Waals surface area contributed by atoms with Crippen molar-refractivity contribution in [2.24, 2.45) is 0 Å². The van der Waals surface area contributed by atoms with Gasteiger partial charge < -0.3 is 4.90 Å². The van der Waals surface area contributed by atoms with Crippen molar-refractivity contribution in [3.05, 3.63) is 249 Å². The zero-order chi connectivity index (χ0) is 40.5. The van der Waals surface area contributed by atoms with Crippen molar-refractivity contribution in [1.29, 1.82) is 0 Å². The predicted octanol–water partition coefficient (Wildman–Crippen LogP) is 17.0. The summed E-state index contributed by atoms with van der Waals surface area (Å²) in [7, 11) is 0. The zero-order valence-electron chi connectivity index (χ0n) is 33.6. The number of hydrogen-bond acceptors (Lipinski definition) is 1. The van der Waals surface area contributed by atoms with Gasteiger partial charge in [-0.1, -0.05) is 206 Å². The first kappa shape index (κ1) is 36.1. The van der Waals surface area contributed by atoms with Crippen LogP contribution in [0.4, 0.5) is 17.1 Å². The van der Waals surface area contributed by atoms with Crippen molar-refractivity contribution < 1.29 is 0 Å². The summed E-state index contributed by atoms with van der Waals surface area (Å²) in [6.45, 7) is 0. The molecule has 0 heterocycles. The van der Waals surface area contributed by atoms with Crippen molar-refractivity contribution >= 4 is 49.4 Å². The lowest BCUT2D eigenvalue weighted by Gasteiger charge is -2.26. The highest BCUT2D eigenvalue weighted by Gasteiger charge is 2.15. The number of nitrogens with zero attached hydrogens (tertiary/aromatic N) is 1. The van der Waals surface area contributed by atoms with Crippen molar-refractivity contribution in [2.45, 2.75) is 0 Å². The summed E-state index contributed by atoms with van der Waals surface area (Å²) in [5.74, 6) is 0. The number of rotatable bonds is 8. The van der Waals surface area contributed by atoms with Gasteiger partial charge in [-0.25, -0.2) is 0 Å². The van der Waals surface area contributed by atoms with Gasteiger partial charge in [0.15, 0.2) is 0 Å². The summed E-state index contributed by atoms with van der Waals surface area (Å²) < 4.78 is 0. The third-order valence-electron chi connectivity index (χ3n) is 12.1. The topological polar surface area (TPSA) is 3.24 Å². The monoisotopic (exact) mass is 775 g/mol. The lowest BCUT2D eigenvalue weighted by molar-refractivity contribution is 1.28. The molecular formula is C60H41N. The lowest BCUT2D eigenvalue weighted by atomic mass is 9.94. The fourth-order valence-corrected chi connectivity index (χ4v) is 8.85. The summed E-state index contributed by atoms with van der Waals surface area (Å²) in [4.78, 5) is 2.37. The van der Waals surface area contributed by atoms with E-state index in [4.69, 9.17) is 0 Å². The second kappa shape index (κ2) is 15.6. The second-order valence-electron chi connectivity index (χ2n) is 15.7. The Hall–Kier alpha value is -8.00. The molecule has 0 aromatic heterocycles. The summed E-state index contributed by atoms with van der Waals surface area (Å²) in [6.07, 6.45) is 0. The van der Waals surface area contributed by atoms with Crippen molar-refractivity contribution in [3.63, 3.8) is 0 Å². The van der Waals surface area contributed by atoms with E-state index in [9.17, 15) is 0 Å². The quantitative estimate of drug-likeness (QED) is 0.139. The Balaban J connectivity index is 0.956. The average Bonchev–Trinajstić information content (AvgIpc) is 3.35. The average molecular weight is 776 g/mol. The van der Waals surface area contributed by atoms with E-state index in [1.54, 1.807) is 0 Å². The Labute approximate surface area is 357 Å². The van der Waals surface area contributed by atoms with Gasteiger partial charge in [-0.2, -0.15) is 0 Å². The maximum Gasteiger partial charge on any atom is 0.0467 e. The summed E-state index contributed by atoms with van der Waals surface area (Å²) >= 11 is 0. The molecule has 0 unspecified atom stereocenters. The van der Waals surface area contributed by atoms with Gasteiger partial charge in [-0.15, -0.1) is 0 Å². The summed E-state index contributed by atoms with van der Waals surface area (Å²) in [6, 6.07) is 90.4. The minimum absolute atomic E-state index is 1.10. The van der Waals surface area contributed by atoms with Crippen molar-refractivity contribution in [3.8, 4) is 55.6 Å². The van der Waals surface area contributed by atoms with E-state index < -0.39 is 0 Å². The van der Waals surface area contributed by atoms with Crippen LogP contribution in [0.5, 0.6) is 0 Å². The van der Waals surface area contributed by atoms with Gasteiger partial charge in [0.1, 0.15) is 0 Å². The SMILES string of the molecule is c1ccc(-c2ccc(-c3ccc(N(c4ccc(-c5ccc6ccc7c8ccccc8ccc7c6c5)cc4)c4cccc(-c5ccc(-c6ccccc6)cc5)c4)cc3)cc2)cc1. The molecule has 0 aliphatic rings. The van der Waals surface area contributed by atoms with E-state index in [0.717, 1.165) is 17.1 Å². The molecule has 0 aliphatic heterocycles. The molecular weight excluding hydrogens is 735 g/mol. The second-order valence-corrected chi connectivity index (χ2v) is 15.7. The van der Waals surface area contributed by atoms with Gasteiger partial charge in [0.2, 0.25) is 0 Å². The van der Waals surface area contributed by atoms with E-state index in [1.807, 2.05) is 0 Å². The minimum Gasteiger partial charge on any atom is -0.310 e. The molecule has 0 fully saturated rings. The number of benzene rings is 11. The number of fused-ring (bicyclic) bond motifs is 5. The first-order chi connectivity index (χ1) is 30.2. The first-order valence-corrected chi connectivity index (χ1v) is 21.0. The molecule has 1 nitrogen and oxygen atoms in total. The van der Waals surface area contributed by atoms with Gasteiger partial charge >= 0.3 is 0 Å². The van der Waals surface area contributed by atoms with E-state index in [2.05, 4.69) is 254 Å². The van der Waals surface area contributed by atoms with Crippen LogP contribution in [0.15, 0.2) is 249 Å². The molecule has 0 saturated heterocycles. The Morgan fingerprint density at radius 2 is 0.541 bits per heavy atom. The Bertz CT molecular complexity index is 3300. The molecule has 11 aromatic carbocycles. The molecule has 286 valence electrons. The molecule has 1 heteroatoms. The largest absolute Gasteiger partial charge is 0.310 e. The third-order valence-corrected chi connectivity index (χ3v) is 12.1. The van der Waals surface area contributed by atoms with E-state index >= 15 is 0 Å². The van der Waals surface area contributed by atoms with E-state index in [1.165, 1.54) is 88.0 Å². The van der Waals surface area contributed by atoms with Crippen LogP contribution in [0.25, 0.3) is 88.0 Å². The molecule has 61 heavy (non-hydrogen) atoms. The standard InChI is InChI=1S/C60H41N/c1-3-10-42(11-4-1)44-18-20-46(21-19-44)47-28-34-54(35-29-47)61(56-16-9-15-52(40-56)48-24-22-45(23-25-48)43-12-5-2-6-13-43)55-36-30-49(31-37-55)53-27-26-51-33-38-58-57-17-8-7-14-50(57)32-39-59(58)60(51)41-53/h1-41H. The molecule has 11 rings (SSSR count). The van der Waals surface area contributed by atoms with Gasteiger partial charge in [0.25, 0.3) is 0 Å². The normalized spacial score (nSPS) is 11.3. The van der Waals surface area contributed by atoms with Gasteiger partial charge in [-0.3, -0.25) is 0 Å². The maximum atomic E-state index is 2.37. The summed E-state index contributed by atoms with van der Waals surface area (Å²) in [5, 5.41) is 7.65. The molecule has 0 bridgehead atoms. The lowest BCUT2D eigenvalue weighted by Crippen LogP contribution is -2.10. The fraction of sp³-hybridized carbons (Fsp3) is 0. The molecule has 0 aliphatic carbocycles. The Morgan fingerprint density at radius 1 is 0.180 bits per heavy atom. The van der Waals surface area contributed by atoms with Crippen molar-refractivity contribution in [1.82, 2.24) is 0 Å². The molecule has 0 saturated carbocycles. The third kappa shape index (κ3) is 7.03. The van der Waals surface area contributed by atoms with Crippen LogP contribution in [0, 0.1) is 0 Å². The maximum absolute atomic E-state index is 2.37. The molecule has 0 radical (unpaired) electrons. The zero-order valence-corrected chi connectivity index (χ0v) is 33.6. The highest BCUT2D eigenvalue weighted by Crippen LogP contribution is 2.40.